The van der Waals surface area contributed by atoms with Crippen molar-refractivity contribution in [2.75, 3.05) is 12.4 Å². The number of benzene rings is 2. The fourth-order valence-electron chi connectivity index (χ4n) is 1.77. The number of rotatable bonds is 4. The highest BCUT2D eigenvalue weighted by Crippen LogP contribution is 2.22. The van der Waals surface area contributed by atoms with Crippen molar-refractivity contribution >= 4 is 46.2 Å². The van der Waals surface area contributed by atoms with Crippen LogP contribution < -0.4 is 15.4 Å². The number of hydrogen-bond donors (Lipinski definition) is 2. The van der Waals surface area contributed by atoms with E-state index in [1.54, 1.807) is 25.3 Å². The second-order valence-corrected chi connectivity index (χ2v) is 5.60. The maximum Gasteiger partial charge on any atom is 0.171 e. The molecule has 0 aliphatic rings. The van der Waals surface area contributed by atoms with Gasteiger partial charge in [-0.15, -0.1) is 0 Å². The molecule has 0 atom stereocenters. The molecule has 2 rings (SSSR count). The van der Waals surface area contributed by atoms with Crippen LogP contribution in [0.5, 0.6) is 5.75 Å². The average Bonchev–Trinajstić information content (AvgIpc) is 2.44. The number of halogens is 2. The Bertz CT molecular complexity index is 629. The Hall–Kier alpha value is -1.49. The van der Waals surface area contributed by atoms with Gasteiger partial charge in [-0.05, 0) is 48.1 Å². The van der Waals surface area contributed by atoms with Gasteiger partial charge in [0.15, 0.2) is 5.11 Å². The third-order valence-electron chi connectivity index (χ3n) is 2.71. The second-order valence-electron chi connectivity index (χ2n) is 4.32. The van der Waals surface area contributed by atoms with E-state index in [4.69, 9.17) is 40.2 Å². The van der Waals surface area contributed by atoms with Gasteiger partial charge in [0.05, 0.1) is 7.11 Å². The topological polar surface area (TPSA) is 33.3 Å². The molecule has 0 spiro atoms. The lowest BCUT2D eigenvalue weighted by Gasteiger charge is -2.11. The standard InChI is InChI=1S/C15H14Cl2N2OS/c1-20-14-4-2-3-10(5-14)9-18-15(21)19-13-7-11(16)6-12(17)8-13/h2-8H,9H2,1H3,(H2,18,19,21). The molecule has 0 aliphatic heterocycles. The van der Waals surface area contributed by atoms with E-state index in [1.165, 1.54) is 0 Å². The molecule has 3 nitrogen and oxygen atoms in total. The molecule has 0 amide bonds. The smallest absolute Gasteiger partial charge is 0.171 e. The molecule has 2 aromatic carbocycles. The summed E-state index contributed by atoms with van der Waals surface area (Å²) in [5, 5.41) is 7.77. The highest BCUT2D eigenvalue weighted by molar-refractivity contribution is 7.80. The molecule has 2 aromatic rings. The SMILES string of the molecule is COc1cccc(CNC(=S)Nc2cc(Cl)cc(Cl)c2)c1. The van der Waals surface area contributed by atoms with Crippen LogP contribution in [0.3, 0.4) is 0 Å². The van der Waals surface area contributed by atoms with Gasteiger partial charge in [0.25, 0.3) is 0 Å². The minimum Gasteiger partial charge on any atom is -0.497 e. The first-order chi connectivity index (χ1) is 10.1. The lowest BCUT2D eigenvalue weighted by atomic mass is 10.2. The summed E-state index contributed by atoms with van der Waals surface area (Å²) < 4.78 is 5.18. The van der Waals surface area contributed by atoms with E-state index in [9.17, 15) is 0 Å². The Morgan fingerprint density at radius 1 is 1.14 bits per heavy atom. The molecule has 0 aliphatic carbocycles. The van der Waals surface area contributed by atoms with Crippen LogP contribution in [0.15, 0.2) is 42.5 Å². The van der Waals surface area contributed by atoms with Crippen LogP contribution in [-0.2, 0) is 6.54 Å². The van der Waals surface area contributed by atoms with E-state index >= 15 is 0 Å². The highest BCUT2D eigenvalue weighted by Gasteiger charge is 2.02. The summed E-state index contributed by atoms with van der Waals surface area (Å²) >= 11 is 17.1. The zero-order chi connectivity index (χ0) is 15.2. The van der Waals surface area contributed by atoms with Crippen LogP contribution in [-0.4, -0.2) is 12.2 Å². The fraction of sp³-hybridized carbons (Fsp3) is 0.133. The lowest BCUT2D eigenvalue weighted by Crippen LogP contribution is -2.27. The summed E-state index contributed by atoms with van der Waals surface area (Å²) in [6.07, 6.45) is 0. The van der Waals surface area contributed by atoms with Gasteiger partial charge in [-0.25, -0.2) is 0 Å². The largest absolute Gasteiger partial charge is 0.497 e. The summed E-state index contributed by atoms with van der Waals surface area (Å²) in [4.78, 5) is 0. The van der Waals surface area contributed by atoms with Crippen LogP contribution in [0.25, 0.3) is 0 Å². The van der Waals surface area contributed by atoms with E-state index in [0.717, 1.165) is 17.0 Å². The van der Waals surface area contributed by atoms with Crippen LogP contribution in [0.4, 0.5) is 5.69 Å². The van der Waals surface area contributed by atoms with Crippen LogP contribution in [0, 0.1) is 0 Å². The van der Waals surface area contributed by atoms with E-state index in [1.807, 2.05) is 24.3 Å². The van der Waals surface area contributed by atoms with Crippen molar-refractivity contribution in [3.63, 3.8) is 0 Å². The summed E-state index contributed by atoms with van der Waals surface area (Å²) in [7, 11) is 1.64. The summed E-state index contributed by atoms with van der Waals surface area (Å²) in [6.45, 7) is 0.595. The van der Waals surface area contributed by atoms with E-state index in [2.05, 4.69) is 10.6 Å². The van der Waals surface area contributed by atoms with Crippen molar-refractivity contribution in [2.24, 2.45) is 0 Å². The number of hydrogen-bond acceptors (Lipinski definition) is 2. The van der Waals surface area contributed by atoms with Crippen LogP contribution >= 0.6 is 35.4 Å². The molecule has 0 fully saturated rings. The molecule has 110 valence electrons. The first-order valence-electron chi connectivity index (χ1n) is 6.20. The third-order valence-corrected chi connectivity index (χ3v) is 3.39. The Morgan fingerprint density at radius 2 is 1.86 bits per heavy atom. The van der Waals surface area contributed by atoms with Gasteiger partial charge >= 0.3 is 0 Å². The number of thiocarbonyl (C=S) groups is 1. The van der Waals surface area contributed by atoms with E-state index in [-0.39, 0.29) is 0 Å². The van der Waals surface area contributed by atoms with Crippen molar-refractivity contribution in [1.82, 2.24) is 5.32 Å². The first-order valence-corrected chi connectivity index (χ1v) is 7.37. The Balaban J connectivity index is 1.92. The van der Waals surface area contributed by atoms with Crippen molar-refractivity contribution in [2.45, 2.75) is 6.54 Å². The minimum absolute atomic E-state index is 0.496. The van der Waals surface area contributed by atoms with Gasteiger partial charge in [0.1, 0.15) is 5.75 Å². The zero-order valence-electron chi connectivity index (χ0n) is 11.3. The van der Waals surface area contributed by atoms with Crippen molar-refractivity contribution in [1.29, 1.82) is 0 Å². The fourth-order valence-corrected chi connectivity index (χ4v) is 2.48. The highest BCUT2D eigenvalue weighted by atomic mass is 35.5. The average molecular weight is 341 g/mol. The molecule has 21 heavy (non-hydrogen) atoms. The second kappa shape index (κ2) is 7.50. The minimum atomic E-state index is 0.496. The van der Waals surface area contributed by atoms with Gasteiger partial charge in [0.2, 0.25) is 0 Å². The Morgan fingerprint density at radius 3 is 2.52 bits per heavy atom. The molecule has 0 radical (unpaired) electrons. The zero-order valence-corrected chi connectivity index (χ0v) is 13.6. The van der Waals surface area contributed by atoms with Crippen molar-refractivity contribution in [3.8, 4) is 5.75 Å². The van der Waals surface area contributed by atoms with Crippen LogP contribution in [0.1, 0.15) is 5.56 Å². The monoisotopic (exact) mass is 340 g/mol. The van der Waals surface area contributed by atoms with Gasteiger partial charge < -0.3 is 15.4 Å². The maximum absolute atomic E-state index is 5.94. The molecular formula is C15H14Cl2N2OS. The molecule has 0 unspecified atom stereocenters. The van der Waals surface area contributed by atoms with Crippen LogP contribution in [0.2, 0.25) is 10.0 Å². The molecular weight excluding hydrogens is 327 g/mol. The quantitative estimate of drug-likeness (QED) is 0.803. The van der Waals surface area contributed by atoms with Gasteiger partial charge in [0, 0.05) is 22.3 Å². The Kier molecular flexibility index (Phi) is 5.67. The number of ether oxygens (including phenoxy) is 1. The number of nitrogens with one attached hydrogen (secondary N) is 2. The first kappa shape index (κ1) is 15.9. The summed E-state index contributed by atoms with van der Waals surface area (Å²) in [6, 6.07) is 13.0. The summed E-state index contributed by atoms with van der Waals surface area (Å²) in [5.74, 6) is 0.815. The van der Waals surface area contributed by atoms with Crippen molar-refractivity contribution in [3.05, 3.63) is 58.1 Å². The normalized spacial score (nSPS) is 10.0. The molecule has 0 bridgehead atoms. The Labute approximate surface area is 139 Å². The summed E-state index contributed by atoms with van der Waals surface area (Å²) in [5.41, 5.74) is 1.82. The van der Waals surface area contributed by atoms with Gasteiger partial charge in [-0.1, -0.05) is 35.3 Å². The molecule has 2 N–H and O–H groups in total. The predicted octanol–water partition coefficient (Wildman–Crippen LogP) is 4.49. The number of methoxy groups -OCH3 is 1. The van der Waals surface area contributed by atoms with E-state index in [0.29, 0.717) is 21.7 Å². The van der Waals surface area contributed by atoms with Crippen molar-refractivity contribution < 1.29 is 4.74 Å². The third kappa shape index (κ3) is 5.08. The maximum atomic E-state index is 5.94. The lowest BCUT2D eigenvalue weighted by molar-refractivity contribution is 0.414. The van der Waals surface area contributed by atoms with E-state index < -0.39 is 0 Å². The van der Waals surface area contributed by atoms with Gasteiger partial charge in [-0.3, -0.25) is 0 Å². The molecule has 6 heteroatoms. The molecule has 0 heterocycles. The molecule has 0 saturated carbocycles. The molecule has 0 saturated heterocycles. The van der Waals surface area contributed by atoms with Gasteiger partial charge in [-0.2, -0.15) is 0 Å². The number of anilines is 1. The molecule has 0 aromatic heterocycles. The predicted molar refractivity (Wildman–Crippen MR) is 92.5 cm³/mol.